The van der Waals surface area contributed by atoms with E-state index in [1.807, 2.05) is 18.2 Å². The summed E-state index contributed by atoms with van der Waals surface area (Å²) in [6, 6.07) is 5.70. The monoisotopic (exact) mass is 292 g/mol. The van der Waals surface area contributed by atoms with Crippen LogP contribution in [-0.4, -0.2) is 32.2 Å². The van der Waals surface area contributed by atoms with E-state index < -0.39 is 0 Å². The highest BCUT2D eigenvalue weighted by Gasteiger charge is 2.23. The van der Waals surface area contributed by atoms with Crippen molar-refractivity contribution in [1.82, 2.24) is 5.32 Å². The van der Waals surface area contributed by atoms with E-state index >= 15 is 0 Å². The Morgan fingerprint density at radius 2 is 1.95 bits per heavy atom. The number of nitrogens with two attached hydrogens (primary N) is 1. The van der Waals surface area contributed by atoms with Gasteiger partial charge in [0.2, 0.25) is 5.91 Å². The van der Waals surface area contributed by atoms with Crippen LogP contribution in [-0.2, 0) is 11.2 Å². The van der Waals surface area contributed by atoms with E-state index in [9.17, 15) is 4.79 Å². The van der Waals surface area contributed by atoms with Crippen molar-refractivity contribution in [2.75, 3.05) is 14.2 Å². The van der Waals surface area contributed by atoms with Gasteiger partial charge in [-0.05, 0) is 30.5 Å². The molecule has 1 aliphatic rings. The fourth-order valence-corrected chi connectivity index (χ4v) is 2.77. The zero-order valence-corrected chi connectivity index (χ0v) is 12.7. The Labute approximate surface area is 125 Å². The van der Waals surface area contributed by atoms with Crippen LogP contribution >= 0.6 is 0 Å². The summed E-state index contributed by atoms with van der Waals surface area (Å²) >= 11 is 0. The second kappa shape index (κ2) is 7.31. The van der Waals surface area contributed by atoms with Gasteiger partial charge in [0.15, 0.2) is 11.5 Å². The van der Waals surface area contributed by atoms with Gasteiger partial charge in [-0.1, -0.05) is 18.9 Å². The van der Waals surface area contributed by atoms with Crippen LogP contribution in [0.3, 0.4) is 0 Å². The molecule has 1 aromatic carbocycles. The van der Waals surface area contributed by atoms with Crippen molar-refractivity contribution in [3.63, 3.8) is 0 Å². The summed E-state index contributed by atoms with van der Waals surface area (Å²) in [5.74, 6) is 1.30. The highest BCUT2D eigenvalue weighted by Crippen LogP contribution is 2.27. The lowest BCUT2D eigenvalue weighted by atomic mass is 9.91. The molecule has 3 N–H and O–H groups in total. The van der Waals surface area contributed by atoms with Gasteiger partial charge in [0.25, 0.3) is 0 Å². The molecule has 116 valence electrons. The molecule has 5 heteroatoms. The Balaban J connectivity index is 1.96. The third-order valence-corrected chi connectivity index (χ3v) is 3.98. The first kappa shape index (κ1) is 15.6. The summed E-state index contributed by atoms with van der Waals surface area (Å²) < 4.78 is 10.4. The van der Waals surface area contributed by atoms with Crippen molar-refractivity contribution in [2.45, 2.75) is 44.2 Å². The molecule has 2 atom stereocenters. The Kier molecular flexibility index (Phi) is 5.44. The van der Waals surface area contributed by atoms with Crippen molar-refractivity contribution < 1.29 is 14.3 Å². The first-order valence-corrected chi connectivity index (χ1v) is 7.40. The molecule has 0 aromatic heterocycles. The Hall–Kier alpha value is -1.75. The number of ether oxygens (including phenoxy) is 2. The summed E-state index contributed by atoms with van der Waals surface area (Å²) in [4.78, 5) is 12.1. The molecular formula is C16H24N2O3. The smallest absolute Gasteiger partial charge is 0.224 e. The van der Waals surface area contributed by atoms with Crippen LogP contribution < -0.4 is 20.5 Å². The normalized spacial score (nSPS) is 21.7. The lowest BCUT2D eigenvalue weighted by molar-refractivity contribution is -0.121. The number of amides is 1. The molecule has 2 rings (SSSR count). The van der Waals surface area contributed by atoms with E-state index in [1.54, 1.807) is 14.2 Å². The van der Waals surface area contributed by atoms with Crippen LogP contribution in [0.1, 0.15) is 31.2 Å². The van der Waals surface area contributed by atoms with Crippen LogP contribution in [0.15, 0.2) is 18.2 Å². The largest absolute Gasteiger partial charge is 0.493 e. The minimum Gasteiger partial charge on any atom is -0.493 e. The van der Waals surface area contributed by atoms with E-state index in [1.165, 1.54) is 0 Å². The van der Waals surface area contributed by atoms with Gasteiger partial charge in [-0.3, -0.25) is 4.79 Å². The standard InChI is InChI=1S/C16H24N2O3/c1-20-14-8-7-11(9-15(14)21-2)10-16(19)18-13-6-4-3-5-12(13)17/h7-9,12-13H,3-6,10,17H2,1-2H3,(H,18,19). The number of carbonyl (C=O) groups is 1. The minimum absolute atomic E-state index is 0.00423. The number of carbonyl (C=O) groups excluding carboxylic acids is 1. The zero-order valence-electron chi connectivity index (χ0n) is 12.7. The molecule has 0 aliphatic heterocycles. The van der Waals surface area contributed by atoms with Crippen LogP contribution in [0.5, 0.6) is 11.5 Å². The van der Waals surface area contributed by atoms with Gasteiger partial charge in [0, 0.05) is 12.1 Å². The SMILES string of the molecule is COc1ccc(CC(=O)NC2CCCCC2N)cc1OC. The third-order valence-electron chi connectivity index (χ3n) is 3.98. The second-order valence-electron chi connectivity index (χ2n) is 5.49. The average molecular weight is 292 g/mol. The maximum absolute atomic E-state index is 12.1. The fourth-order valence-electron chi connectivity index (χ4n) is 2.77. The van der Waals surface area contributed by atoms with E-state index in [0.29, 0.717) is 17.9 Å². The maximum Gasteiger partial charge on any atom is 0.224 e. The number of hydrogen-bond donors (Lipinski definition) is 2. The molecule has 1 saturated carbocycles. The van der Waals surface area contributed by atoms with Crippen molar-refractivity contribution in [3.8, 4) is 11.5 Å². The highest BCUT2D eigenvalue weighted by molar-refractivity contribution is 5.79. The van der Waals surface area contributed by atoms with Crippen molar-refractivity contribution in [1.29, 1.82) is 0 Å². The lowest BCUT2D eigenvalue weighted by Crippen LogP contribution is -2.49. The number of hydrogen-bond acceptors (Lipinski definition) is 4. The summed E-state index contributed by atoms with van der Waals surface area (Å²) in [7, 11) is 3.18. The molecule has 1 amide bonds. The maximum atomic E-state index is 12.1. The number of benzene rings is 1. The lowest BCUT2D eigenvalue weighted by Gasteiger charge is -2.29. The van der Waals surface area contributed by atoms with Crippen LogP contribution in [0.2, 0.25) is 0 Å². The Morgan fingerprint density at radius 3 is 2.62 bits per heavy atom. The molecular weight excluding hydrogens is 268 g/mol. The van der Waals surface area contributed by atoms with Crippen molar-refractivity contribution in [2.24, 2.45) is 5.73 Å². The molecule has 2 unspecified atom stereocenters. The van der Waals surface area contributed by atoms with E-state index in [4.69, 9.17) is 15.2 Å². The summed E-state index contributed by atoms with van der Waals surface area (Å²) in [5.41, 5.74) is 6.95. The van der Waals surface area contributed by atoms with Gasteiger partial charge in [-0.2, -0.15) is 0 Å². The van der Waals surface area contributed by atoms with Gasteiger partial charge in [0.05, 0.1) is 20.6 Å². The third kappa shape index (κ3) is 4.11. The van der Waals surface area contributed by atoms with Crippen LogP contribution in [0.25, 0.3) is 0 Å². The van der Waals surface area contributed by atoms with Gasteiger partial charge in [0.1, 0.15) is 0 Å². The first-order valence-electron chi connectivity index (χ1n) is 7.40. The topological polar surface area (TPSA) is 73.6 Å². The molecule has 1 fully saturated rings. The fraction of sp³-hybridized carbons (Fsp3) is 0.562. The second-order valence-corrected chi connectivity index (χ2v) is 5.49. The Morgan fingerprint density at radius 1 is 1.24 bits per heavy atom. The average Bonchev–Trinajstić information content (AvgIpc) is 2.49. The highest BCUT2D eigenvalue weighted by atomic mass is 16.5. The van der Waals surface area contributed by atoms with E-state index in [0.717, 1.165) is 31.2 Å². The Bertz CT molecular complexity index is 490. The number of methoxy groups -OCH3 is 2. The number of nitrogens with one attached hydrogen (secondary N) is 1. The molecule has 5 nitrogen and oxygen atoms in total. The molecule has 0 heterocycles. The quantitative estimate of drug-likeness (QED) is 0.865. The molecule has 1 aromatic rings. The summed E-state index contributed by atoms with van der Waals surface area (Å²) in [6.45, 7) is 0. The van der Waals surface area contributed by atoms with Gasteiger partial charge in [-0.15, -0.1) is 0 Å². The van der Waals surface area contributed by atoms with Crippen LogP contribution in [0, 0.1) is 0 Å². The van der Waals surface area contributed by atoms with E-state index in [2.05, 4.69) is 5.32 Å². The molecule has 0 saturated heterocycles. The molecule has 0 bridgehead atoms. The predicted octanol–water partition coefficient (Wildman–Crippen LogP) is 1.63. The van der Waals surface area contributed by atoms with Crippen molar-refractivity contribution in [3.05, 3.63) is 23.8 Å². The molecule has 1 aliphatic carbocycles. The van der Waals surface area contributed by atoms with Gasteiger partial charge >= 0.3 is 0 Å². The molecule has 0 spiro atoms. The minimum atomic E-state index is 0.00423. The number of rotatable bonds is 5. The van der Waals surface area contributed by atoms with Crippen molar-refractivity contribution >= 4 is 5.91 Å². The van der Waals surface area contributed by atoms with E-state index in [-0.39, 0.29) is 18.0 Å². The summed E-state index contributed by atoms with van der Waals surface area (Å²) in [5, 5.41) is 3.05. The van der Waals surface area contributed by atoms with Gasteiger partial charge < -0.3 is 20.5 Å². The van der Waals surface area contributed by atoms with Crippen LogP contribution in [0.4, 0.5) is 0 Å². The van der Waals surface area contributed by atoms with Gasteiger partial charge in [-0.25, -0.2) is 0 Å². The summed E-state index contributed by atoms with van der Waals surface area (Å²) in [6.07, 6.45) is 4.57. The molecule has 21 heavy (non-hydrogen) atoms. The first-order chi connectivity index (χ1) is 10.1. The zero-order chi connectivity index (χ0) is 15.2. The molecule has 0 radical (unpaired) electrons. The predicted molar refractivity (Wildman–Crippen MR) is 81.6 cm³/mol.